The zero-order chi connectivity index (χ0) is 13.9. The van der Waals surface area contributed by atoms with Crippen molar-refractivity contribution in [3.63, 3.8) is 0 Å². The van der Waals surface area contributed by atoms with Crippen LogP contribution in [0.15, 0.2) is 12.1 Å². The molecule has 0 aliphatic heterocycles. The molecule has 0 bridgehead atoms. The van der Waals surface area contributed by atoms with Gasteiger partial charge >= 0.3 is 6.03 Å². The molecule has 0 unspecified atom stereocenters. The van der Waals surface area contributed by atoms with E-state index in [0.717, 1.165) is 6.07 Å². The molecule has 0 spiro atoms. The van der Waals surface area contributed by atoms with Crippen LogP contribution in [0.5, 0.6) is 0 Å². The van der Waals surface area contributed by atoms with Crippen molar-refractivity contribution in [2.75, 3.05) is 11.9 Å². The maximum absolute atomic E-state index is 13.4. The lowest BCUT2D eigenvalue weighted by Crippen LogP contribution is -2.48. The van der Waals surface area contributed by atoms with Crippen LogP contribution in [0.1, 0.15) is 13.8 Å². The third-order valence-corrected chi connectivity index (χ3v) is 2.39. The molecule has 4 nitrogen and oxygen atoms in total. The number of aliphatic hydroxyl groups is 1. The Morgan fingerprint density at radius 1 is 1.44 bits per heavy atom. The molecule has 100 valence electrons. The Balaban J connectivity index is 2.83. The number of urea groups is 1. The van der Waals surface area contributed by atoms with Gasteiger partial charge in [0.05, 0.1) is 22.9 Å². The number of carbonyl (C=O) groups excluding carboxylic acids is 1. The quantitative estimate of drug-likeness (QED) is 0.795. The average Bonchev–Trinajstić information content (AvgIpc) is 2.22. The van der Waals surface area contributed by atoms with Crippen molar-refractivity contribution in [2.24, 2.45) is 0 Å². The van der Waals surface area contributed by atoms with E-state index in [1.165, 1.54) is 0 Å². The van der Waals surface area contributed by atoms with E-state index in [1.807, 2.05) is 0 Å². The number of hydrogen-bond acceptors (Lipinski definition) is 2. The molecule has 0 aliphatic rings. The molecule has 1 aromatic rings. The number of halogens is 3. The third-order valence-electron chi connectivity index (χ3n) is 2.09. The van der Waals surface area contributed by atoms with Gasteiger partial charge in [0, 0.05) is 6.07 Å². The predicted octanol–water partition coefficient (Wildman–Crippen LogP) is 2.51. The molecule has 0 saturated heterocycles. The smallest absolute Gasteiger partial charge is 0.319 e. The summed E-state index contributed by atoms with van der Waals surface area (Å²) in [4.78, 5) is 11.5. The third kappa shape index (κ3) is 3.82. The Hall–Kier alpha value is -1.40. The fourth-order valence-corrected chi connectivity index (χ4v) is 1.40. The van der Waals surface area contributed by atoms with Crippen LogP contribution < -0.4 is 10.6 Å². The number of carbonyl (C=O) groups is 1. The summed E-state index contributed by atoms with van der Waals surface area (Å²) in [6.07, 6.45) is 0. The number of hydrogen-bond donors (Lipinski definition) is 3. The molecule has 0 saturated carbocycles. The molecule has 1 rings (SSSR count). The van der Waals surface area contributed by atoms with Gasteiger partial charge in [-0.1, -0.05) is 11.6 Å². The van der Waals surface area contributed by atoms with Crippen LogP contribution in [-0.4, -0.2) is 23.3 Å². The number of benzene rings is 1. The first-order valence-electron chi connectivity index (χ1n) is 5.10. The van der Waals surface area contributed by atoms with Gasteiger partial charge in [-0.3, -0.25) is 0 Å². The van der Waals surface area contributed by atoms with Crippen LogP contribution in [0.4, 0.5) is 19.3 Å². The second-order valence-corrected chi connectivity index (χ2v) is 4.77. The minimum atomic E-state index is -0.975. The van der Waals surface area contributed by atoms with Crippen molar-refractivity contribution in [1.82, 2.24) is 5.32 Å². The fourth-order valence-electron chi connectivity index (χ4n) is 1.15. The highest BCUT2D eigenvalue weighted by molar-refractivity contribution is 6.33. The maximum Gasteiger partial charge on any atom is 0.319 e. The van der Waals surface area contributed by atoms with E-state index in [4.69, 9.17) is 16.7 Å². The maximum atomic E-state index is 13.4. The summed E-state index contributed by atoms with van der Waals surface area (Å²) in [5.74, 6) is -1.81. The summed E-state index contributed by atoms with van der Waals surface area (Å²) < 4.78 is 26.2. The van der Waals surface area contributed by atoms with E-state index in [2.05, 4.69) is 10.6 Å². The first-order valence-corrected chi connectivity index (χ1v) is 5.47. The highest BCUT2D eigenvalue weighted by atomic mass is 35.5. The monoisotopic (exact) mass is 278 g/mol. The molecule has 3 N–H and O–H groups in total. The van der Waals surface area contributed by atoms with E-state index in [-0.39, 0.29) is 17.3 Å². The Bertz CT molecular complexity index is 443. The minimum Gasteiger partial charge on any atom is -0.394 e. The van der Waals surface area contributed by atoms with Gasteiger partial charge in [-0.15, -0.1) is 0 Å². The highest BCUT2D eigenvalue weighted by Gasteiger charge is 2.20. The number of aliphatic hydroxyl groups excluding tert-OH is 1. The van der Waals surface area contributed by atoms with Crippen molar-refractivity contribution in [3.05, 3.63) is 28.8 Å². The summed E-state index contributed by atoms with van der Waals surface area (Å²) in [7, 11) is 0. The van der Waals surface area contributed by atoms with E-state index in [0.29, 0.717) is 6.07 Å². The summed E-state index contributed by atoms with van der Waals surface area (Å²) in [6, 6.07) is 0.747. The molecule has 0 atom stereocenters. The second-order valence-electron chi connectivity index (χ2n) is 4.37. The first kappa shape index (κ1) is 14.7. The molecule has 18 heavy (non-hydrogen) atoms. The van der Waals surface area contributed by atoms with E-state index >= 15 is 0 Å². The molecule has 0 heterocycles. The molecular formula is C11H13ClF2N2O2. The zero-order valence-electron chi connectivity index (χ0n) is 9.85. The largest absolute Gasteiger partial charge is 0.394 e. The average molecular weight is 279 g/mol. The van der Waals surface area contributed by atoms with Gasteiger partial charge in [-0.25, -0.2) is 13.6 Å². The van der Waals surface area contributed by atoms with Crippen LogP contribution >= 0.6 is 11.6 Å². The Morgan fingerprint density at radius 2 is 2.06 bits per heavy atom. The van der Waals surface area contributed by atoms with Crippen LogP contribution in [-0.2, 0) is 0 Å². The van der Waals surface area contributed by atoms with Crippen LogP contribution in [0.2, 0.25) is 5.02 Å². The Labute approximate surface area is 108 Å². The number of rotatable bonds is 3. The second kappa shape index (κ2) is 5.49. The summed E-state index contributed by atoms with van der Waals surface area (Å²) in [6.45, 7) is 2.87. The number of anilines is 1. The van der Waals surface area contributed by atoms with Gasteiger partial charge in [0.15, 0.2) is 5.82 Å². The van der Waals surface area contributed by atoms with Crippen molar-refractivity contribution in [3.8, 4) is 0 Å². The number of nitrogens with one attached hydrogen (secondary N) is 2. The molecule has 0 aromatic heterocycles. The highest BCUT2D eigenvalue weighted by Crippen LogP contribution is 2.26. The van der Waals surface area contributed by atoms with Crippen molar-refractivity contribution in [2.45, 2.75) is 19.4 Å². The molecule has 2 amide bonds. The molecule has 0 radical (unpaired) electrons. The normalized spacial score (nSPS) is 11.2. The van der Waals surface area contributed by atoms with Gasteiger partial charge < -0.3 is 15.7 Å². The van der Waals surface area contributed by atoms with Gasteiger partial charge in [-0.2, -0.15) is 0 Å². The summed E-state index contributed by atoms with van der Waals surface area (Å²) >= 11 is 5.61. The Kier molecular flexibility index (Phi) is 4.48. The van der Waals surface area contributed by atoms with Gasteiger partial charge in [0.2, 0.25) is 0 Å². The van der Waals surface area contributed by atoms with E-state index in [1.54, 1.807) is 13.8 Å². The van der Waals surface area contributed by atoms with E-state index in [9.17, 15) is 13.6 Å². The molecule has 1 aromatic carbocycles. The summed E-state index contributed by atoms with van der Waals surface area (Å²) in [5.41, 5.74) is -1.18. The van der Waals surface area contributed by atoms with Gasteiger partial charge in [-0.05, 0) is 19.9 Å². The van der Waals surface area contributed by atoms with Crippen molar-refractivity contribution >= 4 is 23.3 Å². The standard InChI is InChI=1S/C11H13ClF2N2O2/c1-11(2,5-17)16-10(18)15-9-7(12)3-6(13)4-8(9)14/h3-4,17H,5H2,1-2H3,(H2,15,16,18). The fraction of sp³-hybridized carbons (Fsp3) is 0.364. The van der Waals surface area contributed by atoms with Crippen molar-refractivity contribution < 1.29 is 18.7 Å². The minimum absolute atomic E-state index is 0.246. The van der Waals surface area contributed by atoms with Crippen LogP contribution in [0, 0.1) is 11.6 Å². The first-order chi connectivity index (χ1) is 8.25. The molecule has 0 fully saturated rings. The van der Waals surface area contributed by atoms with Crippen molar-refractivity contribution in [1.29, 1.82) is 0 Å². The summed E-state index contributed by atoms with van der Waals surface area (Å²) in [5, 5.41) is 13.3. The van der Waals surface area contributed by atoms with Gasteiger partial charge in [0.1, 0.15) is 5.82 Å². The molecule has 7 heteroatoms. The van der Waals surface area contributed by atoms with Crippen LogP contribution in [0.3, 0.4) is 0 Å². The lowest BCUT2D eigenvalue weighted by Gasteiger charge is -2.23. The SMILES string of the molecule is CC(C)(CO)NC(=O)Nc1c(F)cc(F)cc1Cl. The molecule has 0 aliphatic carbocycles. The van der Waals surface area contributed by atoms with Crippen LogP contribution in [0.25, 0.3) is 0 Å². The topological polar surface area (TPSA) is 61.4 Å². The lowest BCUT2D eigenvalue weighted by molar-refractivity contribution is 0.187. The zero-order valence-corrected chi connectivity index (χ0v) is 10.6. The van der Waals surface area contributed by atoms with E-state index < -0.39 is 23.2 Å². The molecular weight excluding hydrogens is 266 g/mol. The van der Waals surface area contributed by atoms with Gasteiger partial charge in [0.25, 0.3) is 0 Å². The Morgan fingerprint density at radius 3 is 2.56 bits per heavy atom. The lowest BCUT2D eigenvalue weighted by atomic mass is 10.1. The predicted molar refractivity (Wildman–Crippen MR) is 64.7 cm³/mol. The number of amides is 2.